The minimum Gasteiger partial charge on any atom is -0.394 e. The minimum absolute atomic E-state index is 0.0949. The van der Waals surface area contributed by atoms with Crippen molar-refractivity contribution in [3.63, 3.8) is 0 Å². The number of pyridine rings is 2. The molecule has 0 atom stereocenters. The maximum Gasteiger partial charge on any atom is 0.272 e. The predicted octanol–water partition coefficient (Wildman–Crippen LogP) is 3.03. The molecule has 1 aliphatic rings. The fourth-order valence-corrected chi connectivity index (χ4v) is 4.38. The van der Waals surface area contributed by atoms with Gasteiger partial charge in [-0.05, 0) is 35.4 Å². The van der Waals surface area contributed by atoms with E-state index in [4.69, 9.17) is 5.73 Å². The number of aromatic nitrogens is 4. The third kappa shape index (κ3) is 2.25. The molecule has 6 rings (SSSR count). The molecule has 0 radical (unpaired) electrons. The van der Waals surface area contributed by atoms with E-state index in [-0.39, 0.29) is 16.8 Å². The fourth-order valence-electron chi connectivity index (χ4n) is 4.38. The summed E-state index contributed by atoms with van der Waals surface area (Å²) >= 11 is 0. The van der Waals surface area contributed by atoms with Crippen LogP contribution in [0.1, 0.15) is 11.5 Å². The summed E-state index contributed by atoms with van der Waals surface area (Å²) in [7, 11) is 0. The monoisotopic (exact) mass is 400 g/mol. The normalized spacial score (nSPS) is 14.6. The van der Waals surface area contributed by atoms with Crippen molar-refractivity contribution in [2.75, 3.05) is 18.8 Å². The van der Waals surface area contributed by atoms with E-state index in [1.54, 1.807) is 18.5 Å². The van der Waals surface area contributed by atoms with Gasteiger partial charge in [0.2, 0.25) is 0 Å². The molecule has 0 spiro atoms. The first-order valence-electron chi connectivity index (χ1n) is 9.69. The molecule has 2 aromatic carbocycles. The second-order valence-electron chi connectivity index (χ2n) is 7.64. The smallest absolute Gasteiger partial charge is 0.272 e. The molecule has 1 fully saturated rings. The molecule has 1 saturated heterocycles. The van der Waals surface area contributed by atoms with E-state index in [0.717, 1.165) is 34.9 Å². The van der Waals surface area contributed by atoms with Crippen LogP contribution >= 0.6 is 0 Å². The van der Waals surface area contributed by atoms with Gasteiger partial charge in [-0.25, -0.2) is 4.39 Å². The van der Waals surface area contributed by atoms with Crippen molar-refractivity contribution in [3.8, 4) is 11.1 Å². The van der Waals surface area contributed by atoms with Gasteiger partial charge in [-0.3, -0.25) is 14.9 Å². The first kappa shape index (κ1) is 17.1. The van der Waals surface area contributed by atoms with Crippen LogP contribution in [0, 0.1) is 5.82 Å². The highest BCUT2D eigenvalue weighted by atomic mass is 19.1. The van der Waals surface area contributed by atoms with Gasteiger partial charge in [-0.2, -0.15) is 5.10 Å². The van der Waals surface area contributed by atoms with E-state index in [2.05, 4.69) is 31.5 Å². The molecule has 7 nitrogen and oxygen atoms in total. The quantitative estimate of drug-likeness (QED) is 0.340. The number of nitrogens with two attached hydrogens (primary N) is 1. The topological polar surface area (TPSA) is 112 Å². The van der Waals surface area contributed by atoms with Gasteiger partial charge in [-0.15, -0.1) is 0 Å². The molecular formula is C22H17FN6O. The van der Waals surface area contributed by atoms with E-state index < -0.39 is 5.82 Å². The number of nitrogens with one attached hydrogen (secondary N) is 3. The lowest BCUT2D eigenvalue weighted by atomic mass is 9.87. The molecule has 0 aliphatic carbocycles. The molecule has 3 aromatic heterocycles. The van der Waals surface area contributed by atoms with Crippen LogP contribution < -0.4 is 16.6 Å². The molecule has 5 aromatic rings. The first-order chi connectivity index (χ1) is 14.6. The number of hydrogen-bond acceptors (Lipinski definition) is 5. The standard InChI is InChI=1S/C22H17FN6O/c23-16-4-3-11(15-9-27-29-21(15)16)17-14-6-13(10-7-25-8-10)19-12(2-1-5-26-19)20(14)28-22(30)18(17)24/h1-6,9-10,25H,7-8,24H2,(H,27,29)(H,28,30). The van der Waals surface area contributed by atoms with Crippen molar-refractivity contribution >= 4 is 38.4 Å². The van der Waals surface area contributed by atoms with Gasteiger partial charge in [0.25, 0.3) is 5.56 Å². The lowest BCUT2D eigenvalue weighted by Crippen LogP contribution is -2.40. The number of halogens is 1. The molecular weight excluding hydrogens is 383 g/mol. The summed E-state index contributed by atoms with van der Waals surface area (Å²) in [4.78, 5) is 20.3. The van der Waals surface area contributed by atoms with Gasteiger partial charge in [0.05, 0.1) is 17.2 Å². The summed E-state index contributed by atoms with van der Waals surface area (Å²) in [5.41, 5.74) is 10.2. The maximum absolute atomic E-state index is 14.3. The Hall–Kier alpha value is -3.78. The molecule has 0 bridgehead atoms. The summed E-state index contributed by atoms with van der Waals surface area (Å²) in [5, 5.41) is 12.2. The Bertz CT molecular complexity index is 1530. The highest BCUT2D eigenvalue weighted by molar-refractivity contribution is 6.15. The number of H-pyrrole nitrogens is 2. The maximum atomic E-state index is 14.3. The molecule has 1 aliphatic heterocycles. The second kappa shape index (κ2) is 6.11. The zero-order chi connectivity index (χ0) is 20.4. The van der Waals surface area contributed by atoms with E-state index in [1.807, 2.05) is 12.1 Å². The molecule has 5 N–H and O–H groups in total. The molecule has 30 heavy (non-hydrogen) atoms. The number of hydrogen-bond donors (Lipinski definition) is 4. The Labute approximate surface area is 169 Å². The SMILES string of the molecule is Nc1c(-c2ccc(F)c3[nH]ncc23)c2cc(C3CNC3)c3ncccc3c2[nH]c1=O. The number of fused-ring (bicyclic) bond motifs is 4. The summed E-state index contributed by atoms with van der Waals surface area (Å²) < 4.78 is 14.3. The number of aromatic amines is 2. The predicted molar refractivity (Wildman–Crippen MR) is 115 cm³/mol. The summed E-state index contributed by atoms with van der Waals surface area (Å²) in [6.45, 7) is 1.74. The molecule has 4 heterocycles. The van der Waals surface area contributed by atoms with Crippen LogP contribution in [0.25, 0.3) is 43.8 Å². The van der Waals surface area contributed by atoms with E-state index in [9.17, 15) is 9.18 Å². The molecule has 148 valence electrons. The molecule has 0 unspecified atom stereocenters. The van der Waals surface area contributed by atoms with Gasteiger partial charge < -0.3 is 16.0 Å². The van der Waals surface area contributed by atoms with Gasteiger partial charge in [-0.1, -0.05) is 6.07 Å². The Kier molecular flexibility index (Phi) is 3.48. The van der Waals surface area contributed by atoms with Crippen molar-refractivity contribution in [2.45, 2.75) is 5.92 Å². The highest BCUT2D eigenvalue weighted by Crippen LogP contribution is 2.40. The van der Waals surface area contributed by atoms with Gasteiger partial charge in [0.1, 0.15) is 17.0 Å². The van der Waals surface area contributed by atoms with Crippen LogP contribution in [0.2, 0.25) is 0 Å². The summed E-state index contributed by atoms with van der Waals surface area (Å²) in [6, 6.07) is 8.88. The lowest BCUT2D eigenvalue weighted by molar-refractivity contribution is 0.450. The van der Waals surface area contributed by atoms with E-state index >= 15 is 0 Å². The van der Waals surface area contributed by atoms with Crippen molar-refractivity contribution in [3.05, 3.63) is 64.5 Å². The van der Waals surface area contributed by atoms with Crippen LogP contribution in [-0.2, 0) is 0 Å². The first-order valence-corrected chi connectivity index (χ1v) is 9.69. The Morgan fingerprint density at radius 2 is 1.97 bits per heavy atom. The average Bonchev–Trinajstić information content (AvgIpc) is 3.21. The molecule has 0 amide bonds. The number of anilines is 1. The summed E-state index contributed by atoms with van der Waals surface area (Å²) in [5.74, 6) is -0.0789. The van der Waals surface area contributed by atoms with Crippen molar-refractivity contribution in [1.29, 1.82) is 0 Å². The third-order valence-corrected chi connectivity index (χ3v) is 6.00. The van der Waals surface area contributed by atoms with Crippen LogP contribution in [0.5, 0.6) is 0 Å². The number of rotatable bonds is 2. The van der Waals surface area contributed by atoms with Crippen molar-refractivity contribution in [1.82, 2.24) is 25.5 Å². The van der Waals surface area contributed by atoms with Gasteiger partial charge in [0.15, 0.2) is 0 Å². The average molecular weight is 400 g/mol. The summed E-state index contributed by atoms with van der Waals surface area (Å²) in [6.07, 6.45) is 3.31. The van der Waals surface area contributed by atoms with Crippen molar-refractivity contribution in [2.24, 2.45) is 0 Å². The largest absolute Gasteiger partial charge is 0.394 e. The van der Waals surface area contributed by atoms with Crippen LogP contribution in [-0.4, -0.2) is 33.3 Å². The molecule has 8 heteroatoms. The minimum atomic E-state index is -0.408. The lowest BCUT2D eigenvalue weighted by Gasteiger charge is -2.29. The highest BCUT2D eigenvalue weighted by Gasteiger charge is 2.25. The zero-order valence-electron chi connectivity index (χ0n) is 15.8. The second-order valence-corrected chi connectivity index (χ2v) is 7.64. The van der Waals surface area contributed by atoms with Gasteiger partial charge >= 0.3 is 0 Å². The van der Waals surface area contributed by atoms with Gasteiger partial charge in [0, 0.05) is 46.9 Å². The Morgan fingerprint density at radius 3 is 2.77 bits per heavy atom. The van der Waals surface area contributed by atoms with Crippen LogP contribution in [0.3, 0.4) is 0 Å². The Morgan fingerprint density at radius 1 is 1.10 bits per heavy atom. The number of benzene rings is 2. The van der Waals surface area contributed by atoms with E-state index in [0.29, 0.717) is 27.9 Å². The van der Waals surface area contributed by atoms with Crippen LogP contribution in [0.15, 0.2) is 47.5 Å². The fraction of sp³-hybridized carbons (Fsp3) is 0.136. The number of nitrogen functional groups attached to an aromatic ring is 1. The van der Waals surface area contributed by atoms with Crippen LogP contribution in [0.4, 0.5) is 10.1 Å². The van der Waals surface area contributed by atoms with E-state index in [1.165, 1.54) is 6.07 Å². The third-order valence-electron chi connectivity index (χ3n) is 6.00. The van der Waals surface area contributed by atoms with Crippen molar-refractivity contribution < 1.29 is 4.39 Å². The Balaban J connectivity index is 1.81. The number of nitrogens with zero attached hydrogens (tertiary/aromatic N) is 2. The molecule has 0 saturated carbocycles. The zero-order valence-corrected chi connectivity index (χ0v) is 15.8.